The molecule has 1 aliphatic rings. The van der Waals surface area contributed by atoms with Crippen LogP contribution in [0.25, 0.3) is 16.6 Å². The van der Waals surface area contributed by atoms with Crippen molar-refractivity contribution >= 4 is 28.2 Å². The molecular formula is C22H27FN8O. The maximum atomic E-state index is 14.4. The summed E-state index contributed by atoms with van der Waals surface area (Å²) in [5.74, 6) is 0.665. The van der Waals surface area contributed by atoms with Crippen LogP contribution in [0.2, 0.25) is 0 Å². The van der Waals surface area contributed by atoms with E-state index in [1.165, 1.54) is 23.8 Å². The summed E-state index contributed by atoms with van der Waals surface area (Å²) < 4.78 is 22.9. The Balaban J connectivity index is 1.50. The molecule has 0 bridgehead atoms. The van der Waals surface area contributed by atoms with Gasteiger partial charge in [0.05, 0.1) is 30.0 Å². The monoisotopic (exact) mass is 438 g/mol. The fourth-order valence-corrected chi connectivity index (χ4v) is 4.24. The van der Waals surface area contributed by atoms with E-state index in [0.717, 1.165) is 31.6 Å². The smallest absolute Gasteiger partial charge is 0.223 e. The van der Waals surface area contributed by atoms with E-state index in [2.05, 4.69) is 47.0 Å². The van der Waals surface area contributed by atoms with Gasteiger partial charge < -0.3 is 15.4 Å². The van der Waals surface area contributed by atoms with Crippen molar-refractivity contribution in [2.45, 2.75) is 45.1 Å². The number of halogens is 1. The zero-order chi connectivity index (χ0) is 22.6. The van der Waals surface area contributed by atoms with E-state index in [0.29, 0.717) is 22.4 Å². The number of ether oxygens (including phenoxy) is 1. The van der Waals surface area contributed by atoms with Gasteiger partial charge in [0.15, 0.2) is 23.0 Å². The van der Waals surface area contributed by atoms with E-state index in [4.69, 9.17) is 15.5 Å². The highest BCUT2D eigenvalue weighted by Gasteiger charge is 2.27. The molecule has 1 aromatic carbocycles. The minimum Gasteiger partial charge on any atom is -0.494 e. The molecule has 1 unspecified atom stereocenters. The molecule has 0 amide bonds. The van der Waals surface area contributed by atoms with Crippen LogP contribution in [0.3, 0.4) is 0 Å². The maximum Gasteiger partial charge on any atom is 0.223 e. The highest BCUT2D eigenvalue weighted by atomic mass is 19.1. The molecule has 4 heterocycles. The van der Waals surface area contributed by atoms with Crippen LogP contribution >= 0.6 is 0 Å². The van der Waals surface area contributed by atoms with Crippen LogP contribution in [-0.2, 0) is 5.54 Å². The first-order valence-electron chi connectivity index (χ1n) is 10.7. The molecule has 10 heteroatoms. The molecule has 1 fully saturated rings. The molecule has 1 atom stereocenters. The van der Waals surface area contributed by atoms with Crippen LogP contribution in [0.5, 0.6) is 5.75 Å². The lowest BCUT2D eigenvalue weighted by atomic mass is 9.97. The van der Waals surface area contributed by atoms with E-state index in [9.17, 15) is 4.39 Å². The number of piperidine rings is 1. The number of aromatic nitrogens is 6. The minimum atomic E-state index is -0.474. The molecule has 0 saturated carbocycles. The van der Waals surface area contributed by atoms with Gasteiger partial charge in [-0.05, 0) is 39.7 Å². The Labute approximate surface area is 185 Å². The number of anilines is 2. The SMILES string of the molecule is COc1cc2nc(N)n3nc(C4CCCN(c5cnn(C(C)(C)C)c5)C4)nc3c2cc1F. The number of methoxy groups -OCH3 is 1. The van der Waals surface area contributed by atoms with Gasteiger partial charge in [-0.2, -0.15) is 9.61 Å². The predicted molar refractivity (Wildman–Crippen MR) is 121 cm³/mol. The Hall–Kier alpha value is -3.43. The first-order chi connectivity index (χ1) is 15.2. The number of nitrogens with zero attached hydrogens (tertiary/aromatic N) is 7. The largest absolute Gasteiger partial charge is 0.494 e. The summed E-state index contributed by atoms with van der Waals surface area (Å²) >= 11 is 0. The summed E-state index contributed by atoms with van der Waals surface area (Å²) in [6.45, 7) is 8.12. The Morgan fingerprint density at radius 3 is 2.75 bits per heavy atom. The maximum absolute atomic E-state index is 14.4. The highest BCUT2D eigenvalue weighted by Crippen LogP contribution is 2.32. The number of fused-ring (bicyclic) bond motifs is 3. The van der Waals surface area contributed by atoms with E-state index in [1.807, 2.05) is 10.9 Å². The Morgan fingerprint density at radius 2 is 2.03 bits per heavy atom. The topological polar surface area (TPSA) is 99.4 Å². The van der Waals surface area contributed by atoms with E-state index >= 15 is 0 Å². The summed E-state index contributed by atoms with van der Waals surface area (Å²) in [6, 6.07) is 2.91. The van der Waals surface area contributed by atoms with Gasteiger partial charge in [-0.25, -0.2) is 14.4 Å². The molecule has 168 valence electrons. The molecule has 0 spiro atoms. The standard InChI is InChI=1S/C22H27FN8O/c1-22(2,3)30-12-14(10-25-30)29-7-5-6-13(11-29)19-27-20-15-8-16(23)18(32-4)9-17(15)26-21(24)31(20)28-19/h8-10,12-13H,5-7,11H2,1-4H3,(H2,24,26). The van der Waals surface area contributed by atoms with Gasteiger partial charge >= 0.3 is 0 Å². The van der Waals surface area contributed by atoms with Crippen LogP contribution in [0.15, 0.2) is 24.5 Å². The fourth-order valence-electron chi connectivity index (χ4n) is 4.24. The zero-order valence-electron chi connectivity index (χ0n) is 18.7. The van der Waals surface area contributed by atoms with Crippen molar-refractivity contribution in [1.82, 2.24) is 29.4 Å². The first-order valence-corrected chi connectivity index (χ1v) is 10.7. The number of nitrogen functional groups attached to an aromatic ring is 1. The molecule has 3 aromatic heterocycles. The van der Waals surface area contributed by atoms with Crippen LogP contribution < -0.4 is 15.4 Å². The van der Waals surface area contributed by atoms with E-state index in [1.54, 1.807) is 0 Å². The molecule has 0 radical (unpaired) electrons. The summed E-state index contributed by atoms with van der Waals surface area (Å²) in [5.41, 5.74) is 8.19. The number of hydrogen-bond acceptors (Lipinski definition) is 7. The van der Waals surface area contributed by atoms with Crippen molar-refractivity contribution < 1.29 is 9.13 Å². The second kappa shape index (κ2) is 7.32. The molecule has 5 rings (SSSR count). The van der Waals surface area contributed by atoms with E-state index < -0.39 is 5.82 Å². The number of benzene rings is 1. The van der Waals surface area contributed by atoms with E-state index in [-0.39, 0.29) is 23.2 Å². The summed E-state index contributed by atoms with van der Waals surface area (Å²) in [7, 11) is 1.42. The lowest BCUT2D eigenvalue weighted by molar-refractivity contribution is 0.355. The second-order valence-electron chi connectivity index (χ2n) is 9.28. The third-order valence-corrected chi connectivity index (χ3v) is 5.99. The first kappa shape index (κ1) is 20.5. The molecule has 2 N–H and O–H groups in total. The lowest BCUT2D eigenvalue weighted by Crippen LogP contribution is -2.34. The van der Waals surface area contributed by atoms with Gasteiger partial charge in [0.1, 0.15) is 0 Å². The summed E-state index contributed by atoms with van der Waals surface area (Å²) in [6.07, 6.45) is 5.98. The van der Waals surface area contributed by atoms with Gasteiger partial charge in [-0.15, -0.1) is 5.10 Å². The third kappa shape index (κ3) is 3.39. The third-order valence-electron chi connectivity index (χ3n) is 5.99. The van der Waals surface area contributed by atoms with Crippen molar-refractivity contribution in [3.8, 4) is 5.75 Å². The van der Waals surface area contributed by atoms with Gasteiger partial charge in [-0.1, -0.05) is 0 Å². The minimum absolute atomic E-state index is 0.0693. The molecule has 1 saturated heterocycles. The molecule has 9 nitrogen and oxygen atoms in total. The van der Waals surface area contributed by atoms with Gasteiger partial charge in [-0.3, -0.25) is 4.68 Å². The average molecular weight is 439 g/mol. The van der Waals surface area contributed by atoms with Crippen LogP contribution in [0, 0.1) is 5.82 Å². The number of hydrogen-bond donors (Lipinski definition) is 1. The Bertz CT molecular complexity index is 1300. The van der Waals surface area contributed by atoms with Gasteiger partial charge in [0.2, 0.25) is 5.95 Å². The Kier molecular flexibility index (Phi) is 4.68. The van der Waals surface area contributed by atoms with Crippen molar-refractivity contribution in [1.29, 1.82) is 0 Å². The number of nitrogens with two attached hydrogens (primary N) is 1. The molecular weight excluding hydrogens is 411 g/mol. The van der Waals surface area contributed by atoms with Crippen molar-refractivity contribution in [2.24, 2.45) is 0 Å². The number of rotatable bonds is 3. The molecule has 32 heavy (non-hydrogen) atoms. The quantitative estimate of drug-likeness (QED) is 0.524. The second-order valence-corrected chi connectivity index (χ2v) is 9.28. The van der Waals surface area contributed by atoms with Crippen molar-refractivity contribution in [3.05, 3.63) is 36.2 Å². The summed E-state index contributed by atoms with van der Waals surface area (Å²) in [5, 5.41) is 9.73. The van der Waals surface area contributed by atoms with Crippen LogP contribution in [0.4, 0.5) is 16.0 Å². The molecule has 4 aromatic rings. The van der Waals surface area contributed by atoms with Crippen molar-refractivity contribution in [3.63, 3.8) is 0 Å². The van der Waals surface area contributed by atoms with Crippen LogP contribution in [0.1, 0.15) is 45.4 Å². The molecule has 1 aliphatic heterocycles. The van der Waals surface area contributed by atoms with Crippen molar-refractivity contribution in [2.75, 3.05) is 30.8 Å². The molecule has 0 aliphatic carbocycles. The average Bonchev–Trinajstić information content (AvgIpc) is 3.42. The van der Waals surface area contributed by atoms with Crippen LogP contribution in [-0.4, -0.2) is 49.6 Å². The summed E-state index contributed by atoms with van der Waals surface area (Å²) in [4.78, 5) is 11.5. The lowest BCUT2D eigenvalue weighted by Gasteiger charge is -2.32. The fraction of sp³-hybridized carbons (Fsp3) is 0.455. The normalized spacial score (nSPS) is 17.4. The van der Waals surface area contributed by atoms with Gasteiger partial charge in [0.25, 0.3) is 0 Å². The van der Waals surface area contributed by atoms with Gasteiger partial charge in [0, 0.05) is 36.7 Å². The highest BCUT2D eigenvalue weighted by molar-refractivity contribution is 5.93. The predicted octanol–water partition coefficient (Wildman–Crippen LogP) is 3.34. The Morgan fingerprint density at radius 1 is 1.22 bits per heavy atom. The zero-order valence-corrected chi connectivity index (χ0v) is 18.7.